The number of hydrogen-bond donors (Lipinski definition) is 3. The maximum atomic E-state index is 12.6. The van der Waals surface area contributed by atoms with E-state index >= 15 is 0 Å². The zero-order valence-corrected chi connectivity index (χ0v) is 42.3. The fraction of sp³-hybridized carbons (Fsp3) is 0.980. The lowest BCUT2D eigenvalue weighted by atomic mass is 9.71. The smallest absolute Gasteiger partial charge is 0.311 e. The van der Waals surface area contributed by atoms with Gasteiger partial charge < -0.3 is 76.9 Å². The molecule has 1 spiro atoms. The molecule has 7 rings (SSSR count). The summed E-state index contributed by atoms with van der Waals surface area (Å²) in [7, 11) is 8.28. The van der Waals surface area contributed by atoms with Crippen molar-refractivity contribution in [3.05, 3.63) is 0 Å². The van der Waals surface area contributed by atoms with Gasteiger partial charge in [0.2, 0.25) is 0 Å². The number of carbonyl (C=O) groups is 1. The molecular weight excluding hydrogens is 861 g/mol. The quantitative estimate of drug-likeness (QED) is 0.205. The number of aliphatic carboxylic acids is 1. The second kappa shape index (κ2) is 19.8. The molecule has 0 aromatic carbocycles. The van der Waals surface area contributed by atoms with Crippen LogP contribution in [0.3, 0.4) is 0 Å². The molecular formula is C49H84O17. The highest BCUT2D eigenvalue weighted by Crippen LogP contribution is 2.57. The van der Waals surface area contributed by atoms with E-state index in [0.717, 1.165) is 19.3 Å². The van der Waals surface area contributed by atoms with Crippen molar-refractivity contribution in [2.24, 2.45) is 35.5 Å². The molecule has 4 unspecified atom stereocenters. The number of rotatable bonds is 14. The molecule has 7 heterocycles. The molecule has 0 aromatic rings. The van der Waals surface area contributed by atoms with Gasteiger partial charge in [0.05, 0.1) is 79.4 Å². The number of ether oxygens (including phenoxy) is 13. The Morgan fingerprint density at radius 3 is 1.92 bits per heavy atom. The van der Waals surface area contributed by atoms with E-state index in [9.17, 15) is 20.1 Å². The summed E-state index contributed by atoms with van der Waals surface area (Å²) in [5, 5.41) is 33.7. The van der Waals surface area contributed by atoms with Crippen LogP contribution in [0.5, 0.6) is 0 Å². The second-order valence-corrected chi connectivity index (χ2v) is 21.5. The molecule has 17 nitrogen and oxygen atoms in total. The minimum atomic E-state index is -2.12. The third-order valence-electron chi connectivity index (χ3n) is 17.8. The summed E-state index contributed by atoms with van der Waals surface area (Å²) in [6.07, 6.45) is -0.593. The average Bonchev–Trinajstić information content (AvgIpc) is 4.01. The maximum absolute atomic E-state index is 12.6. The van der Waals surface area contributed by atoms with Crippen molar-refractivity contribution in [2.75, 3.05) is 35.5 Å². The highest BCUT2D eigenvalue weighted by atomic mass is 16.8. The van der Waals surface area contributed by atoms with Crippen LogP contribution in [0, 0.1) is 35.5 Å². The van der Waals surface area contributed by atoms with E-state index in [-0.39, 0.29) is 85.0 Å². The first-order valence-electron chi connectivity index (χ1n) is 24.7. The van der Waals surface area contributed by atoms with Gasteiger partial charge in [-0.3, -0.25) is 4.79 Å². The number of carboxylic acids is 1. The molecule has 66 heavy (non-hydrogen) atoms. The second-order valence-electron chi connectivity index (χ2n) is 21.5. The highest BCUT2D eigenvalue weighted by molar-refractivity contribution is 5.70. The van der Waals surface area contributed by atoms with Gasteiger partial charge in [-0.2, -0.15) is 0 Å². The summed E-state index contributed by atoms with van der Waals surface area (Å²) in [5.74, 6) is -8.75. The van der Waals surface area contributed by atoms with Crippen LogP contribution in [-0.4, -0.2) is 171 Å². The highest BCUT2D eigenvalue weighted by Gasteiger charge is 2.70. The summed E-state index contributed by atoms with van der Waals surface area (Å²) in [5.41, 5.74) is -2.19. The molecule has 0 aliphatic carbocycles. The molecule has 0 bridgehead atoms. The third-order valence-corrected chi connectivity index (χ3v) is 17.8. The fourth-order valence-electron chi connectivity index (χ4n) is 13.7. The predicted octanol–water partition coefficient (Wildman–Crippen LogP) is 5.22. The minimum Gasteiger partial charge on any atom is -0.481 e. The van der Waals surface area contributed by atoms with Crippen LogP contribution in [0.15, 0.2) is 0 Å². The van der Waals surface area contributed by atoms with E-state index in [2.05, 4.69) is 27.7 Å². The molecule has 17 heteroatoms. The van der Waals surface area contributed by atoms with Gasteiger partial charge in [-0.15, -0.1) is 0 Å². The van der Waals surface area contributed by atoms with Gasteiger partial charge in [0.1, 0.15) is 17.1 Å². The molecule has 25 atom stereocenters. The van der Waals surface area contributed by atoms with Crippen molar-refractivity contribution in [3.63, 3.8) is 0 Å². The summed E-state index contributed by atoms with van der Waals surface area (Å²) in [6, 6.07) is 0. The summed E-state index contributed by atoms with van der Waals surface area (Å²) in [6.45, 7) is 19.0. The van der Waals surface area contributed by atoms with Gasteiger partial charge in [-0.05, 0) is 66.7 Å². The molecule has 0 aromatic heterocycles. The van der Waals surface area contributed by atoms with Crippen LogP contribution in [0.1, 0.15) is 121 Å². The largest absolute Gasteiger partial charge is 0.481 e. The molecule has 0 radical (unpaired) electrons. The number of hydrogen-bond acceptors (Lipinski definition) is 16. The Kier molecular flexibility index (Phi) is 15.8. The summed E-state index contributed by atoms with van der Waals surface area (Å²) >= 11 is 0. The Morgan fingerprint density at radius 2 is 1.32 bits per heavy atom. The van der Waals surface area contributed by atoms with Gasteiger partial charge in [0.15, 0.2) is 23.7 Å². The molecule has 7 fully saturated rings. The van der Waals surface area contributed by atoms with Crippen LogP contribution in [0.4, 0.5) is 0 Å². The van der Waals surface area contributed by atoms with E-state index in [0.29, 0.717) is 25.7 Å². The molecule has 382 valence electrons. The van der Waals surface area contributed by atoms with Gasteiger partial charge in [-0.25, -0.2) is 0 Å². The Bertz CT molecular complexity index is 1650. The fourth-order valence-corrected chi connectivity index (χ4v) is 13.7. The number of methoxy groups -OCH3 is 5. The van der Waals surface area contributed by atoms with E-state index in [1.54, 1.807) is 42.3 Å². The lowest BCUT2D eigenvalue weighted by Gasteiger charge is -2.58. The molecule has 0 saturated carbocycles. The van der Waals surface area contributed by atoms with Crippen molar-refractivity contribution in [1.29, 1.82) is 0 Å². The number of aliphatic hydroxyl groups is 2. The van der Waals surface area contributed by atoms with Gasteiger partial charge in [0, 0.05) is 84.4 Å². The normalized spacial score (nSPS) is 53.9. The predicted molar refractivity (Wildman–Crippen MR) is 237 cm³/mol. The van der Waals surface area contributed by atoms with Crippen LogP contribution in [-0.2, 0) is 66.4 Å². The zero-order valence-electron chi connectivity index (χ0n) is 42.3. The number of carboxylic acid groups (broad SMARTS) is 1. The summed E-state index contributed by atoms with van der Waals surface area (Å²) < 4.78 is 85.1. The molecule has 7 aliphatic heterocycles. The van der Waals surface area contributed by atoms with Crippen molar-refractivity contribution >= 4 is 5.97 Å². The van der Waals surface area contributed by atoms with E-state index in [1.165, 1.54) is 14.0 Å². The Balaban J connectivity index is 1.12. The summed E-state index contributed by atoms with van der Waals surface area (Å²) in [4.78, 5) is 12.6. The van der Waals surface area contributed by atoms with Gasteiger partial charge in [-0.1, -0.05) is 34.6 Å². The maximum Gasteiger partial charge on any atom is 0.311 e. The van der Waals surface area contributed by atoms with E-state index < -0.39 is 77.1 Å². The van der Waals surface area contributed by atoms with Crippen molar-refractivity contribution in [1.82, 2.24) is 0 Å². The van der Waals surface area contributed by atoms with Crippen LogP contribution >= 0.6 is 0 Å². The monoisotopic (exact) mass is 945 g/mol. The minimum absolute atomic E-state index is 0.0173. The Morgan fingerprint density at radius 1 is 0.682 bits per heavy atom. The van der Waals surface area contributed by atoms with Crippen molar-refractivity contribution < 1.29 is 81.7 Å². The SMILES string of the molecule is COC1[C@@H](C)[C@@](C)(O)O[C@H]([C@@H]2CC[C@H]([C@@H]3CC[C@H]([C@@]4(C)OC5(O[C@H](C[C@@H]6O[C@](O)([C@@H](C)C(=O)O)[C@@H](C)C(OC)[C@@]6(C)O[C@H]6CC[C@H](OC)[C@@H](C)O6)C[C@@H](OC)C5C)[C@H](C)[C@H]4OC)O3)O2)[C@H]1C. The Labute approximate surface area is 392 Å². The zero-order chi connectivity index (χ0) is 48.5. The Hall–Kier alpha value is -1.13. The van der Waals surface area contributed by atoms with Crippen LogP contribution in [0.2, 0.25) is 0 Å². The first-order valence-corrected chi connectivity index (χ1v) is 24.7. The van der Waals surface area contributed by atoms with Crippen LogP contribution in [0.25, 0.3) is 0 Å². The first-order chi connectivity index (χ1) is 31.0. The molecule has 0 amide bonds. The topological polar surface area (TPSA) is 198 Å². The lowest BCUT2D eigenvalue weighted by Crippen LogP contribution is -2.71. The molecule has 7 saturated heterocycles. The first kappa shape index (κ1) is 52.7. The van der Waals surface area contributed by atoms with E-state index in [1.807, 2.05) is 20.8 Å². The van der Waals surface area contributed by atoms with Crippen LogP contribution < -0.4 is 0 Å². The van der Waals surface area contributed by atoms with Gasteiger partial charge in [0.25, 0.3) is 0 Å². The average molecular weight is 945 g/mol. The van der Waals surface area contributed by atoms with Gasteiger partial charge >= 0.3 is 5.97 Å². The van der Waals surface area contributed by atoms with Crippen molar-refractivity contribution in [2.45, 2.75) is 235 Å². The standard InChI is InChI=1S/C49H84O17/c1-24-40(56-13)26(3)47(10,52)65-41(24)35-17-16-33(60-35)34-18-20-37(61-34)46(9)43(58-15)28(5)49(66-46)25(2)36(55-12)22-31(62-49)23-38-45(8,64-39-21-19-32(54-11)30(7)59-39)42(57-14)27(4)48(53,63-38)29(6)44(50)51/h24-43,52-53H,16-23H2,1-15H3,(H,50,51)/t24-,25?,26+,27-,28+,29-,30+,31-,32-,33+,34-,35-,36+,37+,38-,39-,40?,41-,42?,43+,45-,46+,47-,48-,49?/m0/s1. The van der Waals surface area contributed by atoms with Crippen molar-refractivity contribution in [3.8, 4) is 0 Å². The third kappa shape index (κ3) is 8.96. The lowest BCUT2D eigenvalue weighted by molar-refractivity contribution is -0.403. The molecule has 3 N–H and O–H groups in total. The van der Waals surface area contributed by atoms with E-state index in [4.69, 9.17) is 61.6 Å². The molecule has 7 aliphatic rings.